The third-order valence-corrected chi connectivity index (χ3v) is 5.62. The van der Waals surface area contributed by atoms with Gasteiger partial charge in [-0.05, 0) is 49.1 Å². The molecule has 0 radical (unpaired) electrons. The number of carbonyl (C=O) groups excluding carboxylic acids is 1. The van der Waals surface area contributed by atoms with E-state index in [1.165, 1.54) is 12.1 Å². The molecule has 6 nitrogen and oxygen atoms in total. The zero-order valence-corrected chi connectivity index (χ0v) is 18.1. The summed E-state index contributed by atoms with van der Waals surface area (Å²) in [4.78, 5) is 19.5. The van der Waals surface area contributed by atoms with E-state index in [4.69, 9.17) is 14.3 Å². The Morgan fingerprint density at radius 2 is 1.82 bits per heavy atom. The highest BCUT2D eigenvalue weighted by molar-refractivity contribution is 6.03. The van der Waals surface area contributed by atoms with Crippen LogP contribution >= 0.6 is 0 Å². The van der Waals surface area contributed by atoms with Gasteiger partial charge >= 0.3 is 6.18 Å². The number of oxime groups is 1. The second-order valence-electron chi connectivity index (χ2n) is 7.99. The molecule has 0 unspecified atom stereocenters. The average molecular weight is 462 g/mol. The molecule has 0 saturated carbocycles. The molecular weight excluding hydrogens is 437 g/mol. The SMILES string of the molecule is O=C(COc1ccc2c(c1)OCCC2=NOCc1ccc(C(F)(F)F)cc1)N1CCCCC1. The smallest absolute Gasteiger partial charge is 0.416 e. The molecule has 33 heavy (non-hydrogen) atoms. The summed E-state index contributed by atoms with van der Waals surface area (Å²) in [7, 11) is 0. The topological polar surface area (TPSA) is 60.4 Å². The summed E-state index contributed by atoms with van der Waals surface area (Å²) in [6, 6.07) is 10.1. The minimum absolute atomic E-state index is 0.0179. The van der Waals surface area contributed by atoms with Gasteiger partial charge in [0, 0.05) is 31.1 Å². The molecular formula is C24H25F3N2O4. The van der Waals surface area contributed by atoms with Gasteiger partial charge in [0.2, 0.25) is 0 Å². The molecule has 0 spiro atoms. The third-order valence-electron chi connectivity index (χ3n) is 5.62. The maximum absolute atomic E-state index is 12.7. The molecule has 9 heteroatoms. The molecule has 1 saturated heterocycles. The van der Waals surface area contributed by atoms with E-state index in [0.29, 0.717) is 35.8 Å². The fraction of sp³-hybridized carbons (Fsp3) is 0.417. The Morgan fingerprint density at radius 3 is 2.55 bits per heavy atom. The molecule has 2 heterocycles. The predicted molar refractivity (Wildman–Crippen MR) is 115 cm³/mol. The minimum atomic E-state index is -4.37. The lowest BCUT2D eigenvalue weighted by molar-refractivity contribution is -0.137. The van der Waals surface area contributed by atoms with Gasteiger partial charge in [-0.2, -0.15) is 13.2 Å². The number of halogens is 3. The van der Waals surface area contributed by atoms with Crippen LogP contribution in [0.1, 0.15) is 42.4 Å². The molecule has 0 aromatic heterocycles. The quantitative estimate of drug-likeness (QED) is 0.579. The predicted octanol–water partition coefficient (Wildman–Crippen LogP) is 4.80. The van der Waals surface area contributed by atoms with Crippen LogP contribution in [-0.2, 0) is 22.4 Å². The number of likely N-dealkylation sites (tertiary alicyclic amines) is 1. The number of amides is 1. The Bertz CT molecular complexity index is 1000. The van der Waals surface area contributed by atoms with Gasteiger partial charge in [-0.1, -0.05) is 17.3 Å². The summed E-state index contributed by atoms with van der Waals surface area (Å²) >= 11 is 0. The summed E-state index contributed by atoms with van der Waals surface area (Å²) in [6.45, 7) is 2.00. The summed E-state index contributed by atoms with van der Waals surface area (Å²) in [5, 5.41) is 4.17. The molecule has 176 valence electrons. The van der Waals surface area contributed by atoms with Gasteiger partial charge in [0.05, 0.1) is 17.9 Å². The number of carbonyl (C=O) groups is 1. The van der Waals surface area contributed by atoms with E-state index in [9.17, 15) is 18.0 Å². The highest BCUT2D eigenvalue weighted by Crippen LogP contribution is 2.31. The fourth-order valence-corrected chi connectivity index (χ4v) is 3.79. The maximum atomic E-state index is 12.7. The van der Waals surface area contributed by atoms with Gasteiger partial charge in [0.1, 0.15) is 18.1 Å². The summed E-state index contributed by atoms with van der Waals surface area (Å²) in [6.07, 6.45) is -0.615. The monoisotopic (exact) mass is 462 g/mol. The number of ether oxygens (including phenoxy) is 2. The number of fused-ring (bicyclic) bond motifs is 1. The zero-order valence-electron chi connectivity index (χ0n) is 18.1. The summed E-state index contributed by atoms with van der Waals surface area (Å²) in [5.74, 6) is 1.10. The van der Waals surface area contributed by atoms with Gasteiger partial charge in [0.15, 0.2) is 6.61 Å². The third kappa shape index (κ3) is 5.97. The second-order valence-corrected chi connectivity index (χ2v) is 7.99. The van der Waals surface area contributed by atoms with E-state index >= 15 is 0 Å². The maximum Gasteiger partial charge on any atom is 0.416 e. The number of alkyl halides is 3. The van der Waals surface area contributed by atoms with Crippen LogP contribution < -0.4 is 9.47 Å². The van der Waals surface area contributed by atoms with Crippen LogP contribution in [0.2, 0.25) is 0 Å². The number of hydrogen-bond acceptors (Lipinski definition) is 5. The van der Waals surface area contributed by atoms with Crippen LogP contribution in [0.25, 0.3) is 0 Å². The molecule has 2 aliphatic rings. The molecule has 1 fully saturated rings. The molecule has 0 atom stereocenters. The summed E-state index contributed by atoms with van der Waals surface area (Å²) in [5.41, 5.74) is 1.32. The lowest BCUT2D eigenvalue weighted by Crippen LogP contribution is -2.38. The van der Waals surface area contributed by atoms with Gasteiger partial charge < -0.3 is 19.2 Å². The first-order chi connectivity index (χ1) is 15.9. The van der Waals surface area contributed by atoms with Gasteiger partial charge in [-0.15, -0.1) is 0 Å². The fourth-order valence-electron chi connectivity index (χ4n) is 3.79. The Kier molecular flexibility index (Phi) is 7.05. The van der Waals surface area contributed by atoms with Crippen LogP contribution in [0.3, 0.4) is 0 Å². The largest absolute Gasteiger partial charge is 0.492 e. The lowest BCUT2D eigenvalue weighted by Gasteiger charge is -2.26. The van der Waals surface area contributed by atoms with Crippen molar-refractivity contribution in [2.45, 2.75) is 38.5 Å². The average Bonchev–Trinajstić information content (AvgIpc) is 2.83. The van der Waals surface area contributed by atoms with E-state index in [-0.39, 0.29) is 19.1 Å². The van der Waals surface area contributed by atoms with E-state index in [1.807, 2.05) is 4.90 Å². The van der Waals surface area contributed by atoms with Gasteiger partial charge in [-0.3, -0.25) is 4.79 Å². The molecule has 0 bridgehead atoms. The van der Waals surface area contributed by atoms with Crippen molar-refractivity contribution in [3.05, 3.63) is 59.2 Å². The normalized spacial score (nSPS) is 17.3. The zero-order chi connectivity index (χ0) is 23.3. The molecule has 2 aromatic carbocycles. The van der Waals surface area contributed by atoms with Crippen molar-refractivity contribution in [1.82, 2.24) is 4.90 Å². The standard InChI is InChI=1S/C24H25F3N2O4/c25-24(26,27)18-6-4-17(5-7-18)15-33-28-21-10-13-31-22-14-19(8-9-20(21)22)32-16-23(30)29-11-2-1-3-12-29/h4-9,14H,1-3,10-13,15-16H2. The van der Waals surface area contributed by atoms with Crippen molar-refractivity contribution in [1.29, 1.82) is 0 Å². The first-order valence-corrected chi connectivity index (χ1v) is 10.9. The van der Waals surface area contributed by atoms with Gasteiger partial charge in [-0.25, -0.2) is 0 Å². The Hall–Kier alpha value is -3.23. The molecule has 0 N–H and O–H groups in total. The Morgan fingerprint density at radius 1 is 1.06 bits per heavy atom. The molecule has 4 rings (SSSR count). The first-order valence-electron chi connectivity index (χ1n) is 10.9. The highest BCUT2D eigenvalue weighted by atomic mass is 19.4. The van der Waals surface area contributed by atoms with Crippen molar-refractivity contribution in [3.63, 3.8) is 0 Å². The highest BCUT2D eigenvalue weighted by Gasteiger charge is 2.30. The van der Waals surface area contributed by atoms with E-state index < -0.39 is 11.7 Å². The summed E-state index contributed by atoms with van der Waals surface area (Å²) < 4.78 is 49.4. The van der Waals surface area contributed by atoms with Crippen molar-refractivity contribution in [3.8, 4) is 11.5 Å². The van der Waals surface area contributed by atoms with Crippen molar-refractivity contribution >= 4 is 11.6 Å². The Labute approximate surface area is 189 Å². The number of benzene rings is 2. The lowest BCUT2D eigenvalue weighted by atomic mass is 10.0. The van der Waals surface area contributed by atoms with E-state index in [0.717, 1.165) is 50.0 Å². The second kappa shape index (κ2) is 10.1. The van der Waals surface area contributed by atoms with Crippen molar-refractivity contribution < 1.29 is 32.3 Å². The van der Waals surface area contributed by atoms with Crippen LogP contribution in [-0.4, -0.2) is 42.8 Å². The van der Waals surface area contributed by atoms with Crippen molar-refractivity contribution in [2.24, 2.45) is 5.16 Å². The number of rotatable bonds is 6. The number of hydrogen-bond donors (Lipinski definition) is 0. The van der Waals surface area contributed by atoms with E-state index in [2.05, 4.69) is 5.16 Å². The van der Waals surface area contributed by atoms with E-state index in [1.54, 1.807) is 18.2 Å². The minimum Gasteiger partial charge on any atom is -0.492 e. The van der Waals surface area contributed by atoms with Crippen molar-refractivity contribution in [2.75, 3.05) is 26.3 Å². The first kappa shape index (κ1) is 22.9. The van der Waals surface area contributed by atoms with Gasteiger partial charge in [0.25, 0.3) is 5.91 Å². The molecule has 2 aliphatic heterocycles. The van der Waals surface area contributed by atoms with Crippen LogP contribution in [0.4, 0.5) is 13.2 Å². The number of piperidine rings is 1. The van der Waals surface area contributed by atoms with Crippen LogP contribution in [0.5, 0.6) is 11.5 Å². The number of nitrogens with zero attached hydrogens (tertiary/aromatic N) is 2. The molecule has 2 aromatic rings. The van der Waals surface area contributed by atoms with Crippen LogP contribution in [0.15, 0.2) is 47.6 Å². The molecule has 0 aliphatic carbocycles. The Balaban J connectivity index is 1.34. The van der Waals surface area contributed by atoms with Crippen LogP contribution in [0, 0.1) is 0 Å². The molecule has 1 amide bonds.